The number of carboxylic acids is 2. The zero-order valence-corrected chi connectivity index (χ0v) is 19.1. The number of hydrogen-bond donors (Lipinski definition) is 3. The lowest BCUT2D eigenvalue weighted by Gasteiger charge is -2.44. The van der Waals surface area contributed by atoms with Crippen LogP contribution in [-0.2, 0) is 27.2 Å². The van der Waals surface area contributed by atoms with Crippen LogP contribution in [0, 0.1) is 0 Å². The highest BCUT2D eigenvalue weighted by molar-refractivity contribution is 6.52. The number of hydrogen-bond acceptors (Lipinski definition) is 6. The summed E-state index contributed by atoms with van der Waals surface area (Å²) in [7, 11) is 5.41. The minimum atomic E-state index is -0.979. The summed E-state index contributed by atoms with van der Waals surface area (Å²) in [6.07, 6.45) is 5.78. The molecule has 0 saturated heterocycles. The summed E-state index contributed by atoms with van der Waals surface area (Å²) >= 11 is 0. The Morgan fingerprint density at radius 3 is 2.62 bits per heavy atom. The lowest BCUT2D eigenvalue weighted by Crippen LogP contribution is -2.51. The van der Waals surface area contributed by atoms with Crippen LogP contribution in [0.3, 0.4) is 0 Å². The lowest BCUT2D eigenvalue weighted by molar-refractivity contribution is -0.887. The van der Waals surface area contributed by atoms with Crippen molar-refractivity contribution in [3.05, 3.63) is 46.8 Å². The van der Waals surface area contributed by atoms with Gasteiger partial charge in [0.05, 0.1) is 56.9 Å². The number of quaternary nitrogens is 1. The monoisotopic (exact) mass is 468 g/mol. The third kappa shape index (κ3) is 3.18. The zero-order valence-electron chi connectivity index (χ0n) is 19.1. The molecule has 2 aromatic heterocycles. The van der Waals surface area contributed by atoms with Crippen LogP contribution in [0.2, 0.25) is 0 Å². The molecule has 4 heterocycles. The summed E-state index contributed by atoms with van der Waals surface area (Å²) in [5.74, 6) is -3.19. The third-order valence-electron chi connectivity index (χ3n) is 7.11. The van der Waals surface area contributed by atoms with Gasteiger partial charge in [-0.05, 0) is 12.0 Å². The molecular weight excluding hydrogens is 442 g/mol. The number of likely N-dealkylation sites (N-methyl/N-ethyl adjacent to an activating group) is 1. The highest BCUT2D eigenvalue weighted by Crippen LogP contribution is 2.47. The number of carboxylic acid groups (broad SMARTS) is 2. The third-order valence-corrected chi connectivity index (χ3v) is 7.11. The van der Waals surface area contributed by atoms with Gasteiger partial charge >= 0.3 is 11.9 Å². The van der Waals surface area contributed by atoms with E-state index in [4.69, 9.17) is 0 Å². The topological polar surface area (TPSA) is 146 Å². The first-order chi connectivity index (χ1) is 16.0. The molecule has 3 unspecified atom stereocenters. The van der Waals surface area contributed by atoms with E-state index in [0.717, 1.165) is 0 Å². The van der Waals surface area contributed by atoms with E-state index in [-0.39, 0.29) is 28.6 Å². The van der Waals surface area contributed by atoms with Crippen LogP contribution in [0.1, 0.15) is 39.8 Å². The van der Waals surface area contributed by atoms with Crippen LogP contribution in [0.5, 0.6) is 0 Å². The number of aromatic amines is 1. The number of nitrogens with zero attached hydrogens (tertiary/aromatic N) is 4. The molecule has 2 aromatic rings. The van der Waals surface area contributed by atoms with E-state index in [2.05, 4.69) is 9.97 Å². The van der Waals surface area contributed by atoms with Gasteiger partial charge in [-0.25, -0.2) is 14.6 Å². The number of rotatable bonds is 6. The van der Waals surface area contributed by atoms with Crippen molar-refractivity contribution < 1.29 is 33.9 Å². The Morgan fingerprint density at radius 1 is 1.24 bits per heavy atom. The Bertz CT molecular complexity index is 1280. The van der Waals surface area contributed by atoms with Crippen molar-refractivity contribution in [2.24, 2.45) is 0 Å². The number of Topliss-reactive ketones (excluding diaryl/α,β-unsaturated/α-hetero) is 2. The molecule has 178 valence electrons. The average molecular weight is 468 g/mol. The predicted octanol–water partition coefficient (Wildman–Crippen LogP) is 0.346. The van der Waals surface area contributed by atoms with E-state index in [1.54, 1.807) is 49.3 Å². The smallest absolute Gasteiger partial charge is 0.362 e. The summed E-state index contributed by atoms with van der Waals surface area (Å²) in [5.41, 5.74) is 2.91. The zero-order chi connectivity index (χ0) is 24.5. The number of aliphatic carboxylic acids is 2. The lowest BCUT2D eigenvalue weighted by atomic mass is 9.78. The van der Waals surface area contributed by atoms with E-state index >= 15 is 0 Å². The van der Waals surface area contributed by atoms with Crippen LogP contribution < -0.4 is 0 Å². The normalized spacial score (nSPS) is 22.6. The summed E-state index contributed by atoms with van der Waals surface area (Å²) < 4.78 is 1.97. The van der Waals surface area contributed by atoms with Crippen molar-refractivity contribution in [2.45, 2.75) is 37.4 Å². The first-order valence-electron chi connectivity index (χ1n) is 11.1. The molecule has 3 aliphatic rings. The van der Waals surface area contributed by atoms with Crippen LogP contribution in [-0.4, -0.2) is 97.4 Å². The van der Waals surface area contributed by atoms with E-state index in [1.165, 1.54) is 0 Å². The molecule has 0 aromatic carbocycles. The SMILES string of the molecule is C[N+](C)(C)C(Cc1cn(C2CCN3C4=C2C(=O)C(=O)c2[nH]cc(c24)CC3C(=O)O)cn1)C(=O)O. The molecule has 34 heavy (non-hydrogen) atoms. The number of aromatic nitrogens is 3. The van der Waals surface area contributed by atoms with Crippen LogP contribution >= 0.6 is 0 Å². The Hall–Kier alpha value is -3.73. The molecule has 5 rings (SSSR count). The predicted molar refractivity (Wildman–Crippen MR) is 118 cm³/mol. The van der Waals surface area contributed by atoms with Gasteiger partial charge in [0.2, 0.25) is 11.6 Å². The molecule has 11 nitrogen and oxygen atoms in total. The molecule has 0 spiro atoms. The molecule has 0 radical (unpaired) electrons. The van der Waals surface area contributed by atoms with Gasteiger partial charge in [0.25, 0.3) is 0 Å². The number of allylic oxidation sites excluding steroid dienone is 1. The summed E-state index contributed by atoms with van der Waals surface area (Å²) in [6.45, 7) is 0.399. The number of nitrogens with one attached hydrogen (secondary N) is 1. The maximum Gasteiger partial charge on any atom is 0.362 e. The second kappa shape index (κ2) is 7.39. The van der Waals surface area contributed by atoms with Crippen molar-refractivity contribution in [1.82, 2.24) is 19.4 Å². The summed E-state index contributed by atoms with van der Waals surface area (Å²) in [5, 5.41) is 19.5. The molecular formula is C23H26N5O6+. The summed E-state index contributed by atoms with van der Waals surface area (Å²) in [4.78, 5) is 58.9. The first kappa shape index (κ1) is 22.1. The van der Waals surface area contributed by atoms with Crippen molar-refractivity contribution in [2.75, 3.05) is 27.7 Å². The molecule has 0 amide bonds. The largest absolute Gasteiger partial charge is 0.480 e. The van der Waals surface area contributed by atoms with Gasteiger partial charge in [0.15, 0.2) is 6.04 Å². The Balaban J connectivity index is 1.58. The highest BCUT2D eigenvalue weighted by Gasteiger charge is 2.49. The molecule has 3 atom stereocenters. The van der Waals surface area contributed by atoms with Gasteiger partial charge in [-0.15, -0.1) is 0 Å². The van der Waals surface area contributed by atoms with Crippen molar-refractivity contribution in [3.8, 4) is 0 Å². The number of carbonyl (C=O) groups excluding carboxylic acids is 2. The van der Waals surface area contributed by atoms with E-state index in [9.17, 15) is 29.4 Å². The van der Waals surface area contributed by atoms with Crippen LogP contribution in [0.25, 0.3) is 5.70 Å². The number of carbonyl (C=O) groups is 4. The fraction of sp³-hybridized carbons (Fsp3) is 0.435. The Labute approximate surface area is 194 Å². The second-order valence-corrected chi connectivity index (χ2v) is 10.0. The quantitative estimate of drug-likeness (QED) is 0.407. The number of H-pyrrole nitrogens is 1. The van der Waals surface area contributed by atoms with E-state index < -0.39 is 41.6 Å². The van der Waals surface area contributed by atoms with E-state index in [1.807, 2.05) is 0 Å². The van der Waals surface area contributed by atoms with Crippen molar-refractivity contribution >= 4 is 29.2 Å². The Kier molecular flexibility index (Phi) is 4.80. The second-order valence-electron chi connectivity index (χ2n) is 10.0. The van der Waals surface area contributed by atoms with Crippen molar-refractivity contribution in [3.63, 3.8) is 0 Å². The Morgan fingerprint density at radius 2 is 1.97 bits per heavy atom. The molecule has 0 bridgehead atoms. The maximum atomic E-state index is 13.3. The standard InChI is InChI=1S/C23H25N5O6/c1-28(2,3)15(23(33)34)7-12-9-26(10-25-12)13-4-5-27-14(22(31)32)6-11-8-24-18-16(11)19(27)17(13)20(29)21(18)30/h8-10,13-15H,4-7H2,1-3H3,(H2-,24,29,30,31,32,33,34)/p+1. The van der Waals surface area contributed by atoms with E-state index in [0.29, 0.717) is 35.5 Å². The van der Waals surface area contributed by atoms with Crippen molar-refractivity contribution in [1.29, 1.82) is 0 Å². The average Bonchev–Trinajstić information content (AvgIpc) is 3.40. The minimum Gasteiger partial charge on any atom is -0.480 e. The number of imidazole rings is 1. The maximum absolute atomic E-state index is 13.3. The molecule has 0 saturated carbocycles. The molecule has 1 aliphatic carbocycles. The molecule has 2 aliphatic heterocycles. The molecule has 3 N–H and O–H groups in total. The fourth-order valence-corrected chi connectivity index (χ4v) is 5.37. The van der Waals surface area contributed by atoms with Gasteiger partial charge in [-0.3, -0.25) is 9.59 Å². The molecule has 11 heteroatoms. The van der Waals surface area contributed by atoms with Crippen LogP contribution in [0.4, 0.5) is 0 Å². The van der Waals surface area contributed by atoms with Gasteiger partial charge in [0.1, 0.15) is 11.7 Å². The van der Waals surface area contributed by atoms with Crippen LogP contribution in [0.15, 0.2) is 24.3 Å². The molecule has 0 fully saturated rings. The minimum absolute atomic E-state index is 0.205. The fourth-order valence-electron chi connectivity index (χ4n) is 5.37. The highest BCUT2D eigenvalue weighted by atomic mass is 16.4. The van der Waals surface area contributed by atoms with Gasteiger partial charge in [-0.1, -0.05) is 0 Å². The number of ketones is 2. The van der Waals surface area contributed by atoms with Gasteiger partial charge in [0, 0.05) is 30.9 Å². The van der Waals surface area contributed by atoms with Gasteiger partial charge in [-0.2, -0.15) is 0 Å². The van der Waals surface area contributed by atoms with Gasteiger partial charge < -0.3 is 29.1 Å². The summed E-state index contributed by atoms with van der Waals surface area (Å²) in [6, 6.07) is -2.02. The first-order valence-corrected chi connectivity index (χ1v) is 11.1.